The Morgan fingerprint density at radius 3 is 2.29 bits per heavy atom. The first-order valence-electron chi connectivity index (χ1n) is 5.99. The Labute approximate surface area is 121 Å². The summed E-state index contributed by atoms with van der Waals surface area (Å²) in [5.74, 6) is -2.86. The summed E-state index contributed by atoms with van der Waals surface area (Å²) < 4.78 is 9.00. The zero-order valence-electron chi connectivity index (χ0n) is 11.9. The number of aryl methyl sites for hydroxylation is 1. The molecule has 1 aromatic rings. The topological polar surface area (TPSA) is 95.7 Å². The molecule has 0 spiro atoms. The van der Waals surface area contributed by atoms with Crippen LogP contribution in [0.1, 0.15) is 11.1 Å². The lowest BCUT2D eigenvalue weighted by molar-refractivity contribution is -0.385. The summed E-state index contributed by atoms with van der Waals surface area (Å²) >= 11 is 0. The van der Waals surface area contributed by atoms with Crippen LogP contribution in [0.2, 0.25) is 0 Å². The van der Waals surface area contributed by atoms with Gasteiger partial charge in [0.05, 0.1) is 24.7 Å². The van der Waals surface area contributed by atoms with Crippen molar-refractivity contribution in [1.29, 1.82) is 0 Å². The lowest BCUT2D eigenvalue weighted by Crippen LogP contribution is -2.24. The second kappa shape index (κ2) is 7.18. The minimum Gasteiger partial charge on any atom is -0.468 e. The molecule has 0 atom stereocenters. The highest BCUT2D eigenvalue weighted by molar-refractivity contribution is 5.97. The van der Waals surface area contributed by atoms with Gasteiger partial charge in [0.2, 0.25) is 0 Å². The van der Waals surface area contributed by atoms with Gasteiger partial charge in [-0.1, -0.05) is 23.8 Å². The first-order valence-corrected chi connectivity index (χ1v) is 5.99. The van der Waals surface area contributed by atoms with Crippen molar-refractivity contribution in [2.75, 3.05) is 14.2 Å². The average Bonchev–Trinajstić information content (AvgIpc) is 2.46. The van der Waals surface area contributed by atoms with Crippen molar-refractivity contribution in [3.05, 3.63) is 45.5 Å². The fourth-order valence-corrected chi connectivity index (χ4v) is 1.68. The Balaban J connectivity index is 3.17. The van der Waals surface area contributed by atoms with E-state index in [2.05, 4.69) is 9.47 Å². The lowest BCUT2D eigenvalue weighted by Gasteiger charge is -2.07. The molecule has 1 rings (SSSR count). The minimum atomic E-state index is -1.26. The number of hydrogen-bond acceptors (Lipinski definition) is 6. The van der Waals surface area contributed by atoms with Crippen LogP contribution in [0.4, 0.5) is 5.69 Å². The molecule has 0 aromatic heterocycles. The molecule has 0 bridgehead atoms. The van der Waals surface area contributed by atoms with Crippen LogP contribution in [0.15, 0.2) is 24.3 Å². The number of benzene rings is 1. The first kappa shape index (κ1) is 16.4. The molecule has 0 aliphatic heterocycles. The fraction of sp³-hybridized carbons (Fsp3) is 0.286. The van der Waals surface area contributed by atoms with Crippen LogP contribution in [0.3, 0.4) is 0 Å². The third-order valence-corrected chi connectivity index (χ3v) is 2.76. The summed E-state index contributed by atoms with van der Waals surface area (Å²) in [6, 6.07) is 4.55. The summed E-state index contributed by atoms with van der Waals surface area (Å²) in [5.41, 5.74) is 0.982. The number of carbonyl (C=O) groups excluding carboxylic acids is 2. The number of carbonyl (C=O) groups is 2. The van der Waals surface area contributed by atoms with Gasteiger partial charge in [-0.2, -0.15) is 0 Å². The van der Waals surface area contributed by atoms with Crippen molar-refractivity contribution in [3.63, 3.8) is 0 Å². The fourth-order valence-electron chi connectivity index (χ4n) is 1.68. The number of ether oxygens (including phenoxy) is 2. The van der Waals surface area contributed by atoms with E-state index in [0.717, 1.165) is 19.8 Å². The van der Waals surface area contributed by atoms with Crippen molar-refractivity contribution in [2.45, 2.75) is 6.92 Å². The van der Waals surface area contributed by atoms with Crippen molar-refractivity contribution >= 4 is 23.7 Å². The van der Waals surface area contributed by atoms with Gasteiger partial charge in [0, 0.05) is 6.07 Å². The molecule has 0 heterocycles. The summed E-state index contributed by atoms with van der Waals surface area (Å²) in [5, 5.41) is 10.9. The molecule has 1 aromatic carbocycles. The Bertz CT molecular complexity index is 577. The van der Waals surface area contributed by atoms with Gasteiger partial charge in [-0.25, -0.2) is 0 Å². The van der Waals surface area contributed by atoms with Gasteiger partial charge in [-0.05, 0) is 13.0 Å². The third kappa shape index (κ3) is 4.13. The number of nitro benzene ring substituents is 1. The molecule has 7 nitrogen and oxygen atoms in total. The Hall–Kier alpha value is -2.70. The summed E-state index contributed by atoms with van der Waals surface area (Å²) in [6.07, 6.45) is 2.56. The number of nitrogens with zero attached hydrogens (tertiary/aromatic N) is 1. The van der Waals surface area contributed by atoms with Crippen LogP contribution in [-0.4, -0.2) is 31.1 Å². The molecule has 0 radical (unpaired) electrons. The average molecular weight is 293 g/mol. The molecule has 0 aliphatic carbocycles. The molecular formula is C14H15NO6. The zero-order valence-corrected chi connectivity index (χ0v) is 11.9. The highest BCUT2D eigenvalue weighted by Gasteiger charge is 2.26. The SMILES string of the molecule is COC(=O)C(C=Cc1cc(C)ccc1[N+](=O)[O-])C(=O)OC. The third-order valence-electron chi connectivity index (χ3n) is 2.76. The molecule has 21 heavy (non-hydrogen) atoms. The smallest absolute Gasteiger partial charge is 0.323 e. The van der Waals surface area contributed by atoms with E-state index in [9.17, 15) is 19.7 Å². The number of hydrogen-bond donors (Lipinski definition) is 0. The molecule has 0 saturated heterocycles. The maximum absolute atomic E-state index is 11.5. The van der Waals surface area contributed by atoms with Crippen molar-refractivity contribution < 1.29 is 24.0 Å². The van der Waals surface area contributed by atoms with Crippen LogP contribution in [0.5, 0.6) is 0 Å². The van der Waals surface area contributed by atoms with Gasteiger partial charge in [0.1, 0.15) is 0 Å². The highest BCUT2D eigenvalue weighted by atomic mass is 16.6. The van der Waals surface area contributed by atoms with Gasteiger partial charge in [0.15, 0.2) is 5.92 Å². The van der Waals surface area contributed by atoms with E-state index in [1.807, 2.05) is 0 Å². The van der Waals surface area contributed by atoms with Gasteiger partial charge < -0.3 is 9.47 Å². The maximum Gasteiger partial charge on any atom is 0.323 e. The Morgan fingerprint density at radius 1 is 1.24 bits per heavy atom. The predicted molar refractivity (Wildman–Crippen MR) is 74.4 cm³/mol. The monoisotopic (exact) mass is 293 g/mol. The van der Waals surface area contributed by atoms with Gasteiger partial charge in [0.25, 0.3) is 5.69 Å². The summed E-state index contributed by atoms with van der Waals surface area (Å²) in [4.78, 5) is 33.4. The molecule has 0 N–H and O–H groups in total. The van der Waals surface area contributed by atoms with Crippen LogP contribution in [0, 0.1) is 23.0 Å². The van der Waals surface area contributed by atoms with Crippen molar-refractivity contribution in [2.24, 2.45) is 5.92 Å². The van der Waals surface area contributed by atoms with Gasteiger partial charge in [-0.15, -0.1) is 0 Å². The predicted octanol–water partition coefficient (Wildman–Crippen LogP) is 1.88. The van der Waals surface area contributed by atoms with E-state index in [0.29, 0.717) is 0 Å². The first-order chi connectivity index (χ1) is 9.90. The number of methoxy groups -OCH3 is 2. The quantitative estimate of drug-likeness (QED) is 0.356. The summed E-state index contributed by atoms with van der Waals surface area (Å²) in [7, 11) is 2.28. The molecule has 7 heteroatoms. The lowest BCUT2D eigenvalue weighted by atomic mass is 10.0. The van der Waals surface area contributed by atoms with Gasteiger partial charge in [-0.3, -0.25) is 19.7 Å². The largest absolute Gasteiger partial charge is 0.468 e. The van der Waals surface area contributed by atoms with E-state index in [4.69, 9.17) is 0 Å². The molecule has 0 saturated carbocycles. The zero-order chi connectivity index (χ0) is 16.0. The summed E-state index contributed by atoms with van der Waals surface area (Å²) in [6.45, 7) is 1.78. The second-order valence-corrected chi connectivity index (χ2v) is 4.20. The normalized spacial score (nSPS) is 10.7. The standard InChI is InChI=1S/C14H15NO6/c1-9-4-7-12(15(18)19)10(8-9)5-6-11(13(16)20-2)14(17)21-3/h4-8,11H,1-3H3. The van der Waals surface area contributed by atoms with Gasteiger partial charge >= 0.3 is 11.9 Å². The van der Waals surface area contributed by atoms with E-state index in [1.54, 1.807) is 19.1 Å². The van der Waals surface area contributed by atoms with Crippen LogP contribution in [-0.2, 0) is 19.1 Å². The number of rotatable bonds is 5. The van der Waals surface area contributed by atoms with E-state index in [-0.39, 0.29) is 11.3 Å². The molecule has 112 valence electrons. The Kier molecular flexibility index (Phi) is 5.59. The van der Waals surface area contributed by atoms with Crippen LogP contribution in [0.25, 0.3) is 6.08 Å². The molecular weight excluding hydrogens is 278 g/mol. The number of esters is 2. The van der Waals surface area contributed by atoms with E-state index >= 15 is 0 Å². The second-order valence-electron chi connectivity index (χ2n) is 4.20. The molecule has 0 fully saturated rings. The Morgan fingerprint density at radius 2 is 1.81 bits per heavy atom. The highest BCUT2D eigenvalue weighted by Crippen LogP contribution is 2.22. The molecule has 0 amide bonds. The minimum absolute atomic E-state index is 0.120. The van der Waals surface area contributed by atoms with Crippen LogP contribution < -0.4 is 0 Å². The number of nitro groups is 1. The van der Waals surface area contributed by atoms with E-state index < -0.39 is 22.8 Å². The van der Waals surface area contributed by atoms with Crippen molar-refractivity contribution in [1.82, 2.24) is 0 Å². The van der Waals surface area contributed by atoms with Crippen molar-refractivity contribution in [3.8, 4) is 0 Å². The maximum atomic E-state index is 11.5. The van der Waals surface area contributed by atoms with Crippen LogP contribution >= 0.6 is 0 Å². The molecule has 0 aliphatic rings. The van der Waals surface area contributed by atoms with E-state index in [1.165, 1.54) is 18.2 Å². The molecule has 0 unspecified atom stereocenters.